The zero-order valence-corrected chi connectivity index (χ0v) is 13.1. The van der Waals surface area contributed by atoms with Crippen molar-refractivity contribution in [3.05, 3.63) is 35.9 Å². The van der Waals surface area contributed by atoms with Crippen molar-refractivity contribution in [3.8, 4) is 0 Å². The molecule has 5 heteroatoms. The summed E-state index contributed by atoms with van der Waals surface area (Å²) >= 11 is 1.90. The molecule has 0 aliphatic carbocycles. The number of carboxylic acids is 1. The van der Waals surface area contributed by atoms with Crippen LogP contribution < -0.4 is 5.32 Å². The molecular formula is C16H22N2O2S. The van der Waals surface area contributed by atoms with Gasteiger partial charge in [-0.05, 0) is 31.1 Å². The second kappa shape index (κ2) is 5.99. The molecule has 4 nitrogen and oxygen atoms in total. The first-order chi connectivity index (χ1) is 10.1. The predicted molar refractivity (Wildman–Crippen MR) is 85.3 cm³/mol. The van der Waals surface area contributed by atoms with Crippen LogP contribution in [0, 0.1) is 0 Å². The maximum Gasteiger partial charge on any atom is 0.320 e. The van der Waals surface area contributed by atoms with E-state index in [9.17, 15) is 9.90 Å². The summed E-state index contributed by atoms with van der Waals surface area (Å²) in [7, 11) is 0. The van der Waals surface area contributed by atoms with E-state index < -0.39 is 12.0 Å². The average molecular weight is 306 g/mol. The van der Waals surface area contributed by atoms with Gasteiger partial charge < -0.3 is 5.11 Å². The van der Waals surface area contributed by atoms with E-state index in [1.165, 1.54) is 5.56 Å². The van der Waals surface area contributed by atoms with Gasteiger partial charge >= 0.3 is 5.97 Å². The Bertz CT molecular complexity index is 510. The van der Waals surface area contributed by atoms with Gasteiger partial charge in [-0.15, -0.1) is 11.8 Å². The van der Waals surface area contributed by atoms with Gasteiger partial charge in [0.15, 0.2) is 0 Å². The molecule has 1 spiro atoms. The van der Waals surface area contributed by atoms with Gasteiger partial charge in [-0.25, -0.2) is 0 Å². The summed E-state index contributed by atoms with van der Waals surface area (Å²) < 4.78 is 0. The number of nitrogens with one attached hydrogen (secondary N) is 1. The summed E-state index contributed by atoms with van der Waals surface area (Å²) in [6, 6.07) is 10.6. The number of likely N-dealkylation sites (tertiary alicyclic amines) is 1. The van der Waals surface area contributed by atoms with Crippen molar-refractivity contribution >= 4 is 17.7 Å². The molecule has 3 atom stereocenters. The SMILES string of the molecule is CC1CC2(CN1Cc1ccccc1)NC(C(=O)O)CCS2. The number of benzene rings is 1. The highest BCUT2D eigenvalue weighted by Crippen LogP contribution is 2.40. The Labute approximate surface area is 129 Å². The predicted octanol–water partition coefficient (Wildman–Crippen LogP) is 2.16. The molecule has 0 radical (unpaired) electrons. The minimum absolute atomic E-state index is 0.0878. The van der Waals surface area contributed by atoms with E-state index in [1.54, 1.807) is 0 Å². The summed E-state index contributed by atoms with van der Waals surface area (Å²) in [5.41, 5.74) is 1.32. The minimum atomic E-state index is -0.719. The van der Waals surface area contributed by atoms with E-state index in [1.807, 2.05) is 17.8 Å². The van der Waals surface area contributed by atoms with Crippen LogP contribution in [-0.2, 0) is 11.3 Å². The van der Waals surface area contributed by atoms with Crippen molar-refractivity contribution < 1.29 is 9.90 Å². The Morgan fingerprint density at radius 3 is 2.95 bits per heavy atom. The maximum absolute atomic E-state index is 11.3. The van der Waals surface area contributed by atoms with Crippen LogP contribution in [0.2, 0.25) is 0 Å². The lowest BCUT2D eigenvalue weighted by Gasteiger charge is -2.37. The number of rotatable bonds is 3. The standard InChI is InChI=1S/C16H22N2O2S/c1-12-9-16(17-14(15(19)20)7-8-21-16)11-18(12)10-13-5-3-2-4-6-13/h2-6,12,14,17H,7-11H2,1H3,(H,19,20). The van der Waals surface area contributed by atoms with Crippen molar-refractivity contribution in [1.29, 1.82) is 0 Å². The lowest BCUT2D eigenvalue weighted by atomic mass is 10.1. The molecule has 0 aromatic heterocycles. The van der Waals surface area contributed by atoms with Crippen molar-refractivity contribution in [3.63, 3.8) is 0 Å². The summed E-state index contributed by atoms with van der Waals surface area (Å²) in [4.78, 5) is 13.6. The second-order valence-corrected chi connectivity index (χ2v) is 7.59. The first-order valence-electron chi connectivity index (χ1n) is 7.50. The zero-order chi connectivity index (χ0) is 14.9. The highest BCUT2D eigenvalue weighted by Gasteiger charge is 2.46. The smallest absolute Gasteiger partial charge is 0.320 e. The molecule has 2 saturated heterocycles. The van der Waals surface area contributed by atoms with Crippen LogP contribution in [0.1, 0.15) is 25.3 Å². The van der Waals surface area contributed by atoms with Crippen LogP contribution in [0.25, 0.3) is 0 Å². The monoisotopic (exact) mass is 306 g/mol. The molecule has 0 saturated carbocycles. The number of carboxylic acid groups (broad SMARTS) is 1. The van der Waals surface area contributed by atoms with Gasteiger partial charge in [0, 0.05) is 19.1 Å². The van der Waals surface area contributed by atoms with Crippen molar-refractivity contribution in [2.75, 3.05) is 12.3 Å². The van der Waals surface area contributed by atoms with Gasteiger partial charge in [-0.3, -0.25) is 15.0 Å². The van der Waals surface area contributed by atoms with Gasteiger partial charge in [0.1, 0.15) is 6.04 Å². The van der Waals surface area contributed by atoms with Crippen LogP contribution >= 0.6 is 11.8 Å². The average Bonchev–Trinajstić information content (AvgIpc) is 2.75. The highest BCUT2D eigenvalue weighted by atomic mass is 32.2. The molecular weight excluding hydrogens is 284 g/mol. The molecule has 2 aliphatic heterocycles. The topological polar surface area (TPSA) is 52.6 Å². The normalized spacial score (nSPS) is 33.4. The zero-order valence-electron chi connectivity index (χ0n) is 12.3. The molecule has 3 unspecified atom stereocenters. The van der Waals surface area contributed by atoms with E-state index in [0.717, 1.165) is 31.7 Å². The van der Waals surface area contributed by atoms with Crippen LogP contribution in [0.3, 0.4) is 0 Å². The maximum atomic E-state index is 11.3. The molecule has 0 bridgehead atoms. The van der Waals surface area contributed by atoms with E-state index in [2.05, 4.69) is 41.4 Å². The molecule has 114 valence electrons. The number of carbonyl (C=O) groups is 1. The summed E-state index contributed by atoms with van der Waals surface area (Å²) in [6.07, 6.45) is 1.73. The van der Waals surface area contributed by atoms with E-state index in [4.69, 9.17) is 0 Å². The fourth-order valence-electron chi connectivity index (χ4n) is 3.38. The molecule has 2 fully saturated rings. The third-order valence-electron chi connectivity index (χ3n) is 4.46. The molecule has 1 aromatic rings. The minimum Gasteiger partial charge on any atom is -0.480 e. The first-order valence-corrected chi connectivity index (χ1v) is 8.49. The Kier molecular flexibility index (Phi) is 4.24. The lowest BCUT2D eigenvalue weighted by molar-refractivity contribution is -0.140. The molecule has 0 amide bonds. The quantitative estimate of drug-likeness (QED) is 0.896. The first kappa shape index (κ1) is 14.9. The van der Waals surface area contributed by atoms with Crippen molar-refractivity contribution in [2.24, 2.45) is 0 Å². The molecule has 2 heterocycles. The van der Waals surface area contributed by atoms with Crippen LogP contribution in [-0.4, -0.2) is 45.2 Å². The fourth-order valence-corrected chi connectivity index (χ4v) is 4.97. The van der Waals surface area contributed by atoms with Crippen molar-refractivity contribution in [1.82, 2.24) is 10.2 Å². The lowest BCUT2D eigenvalue weighted by Crippen LogP contribution is -2.55. The summed E-state index contributed by atoms with van der Waals surface area (Å²) in [6.45, 7) is 4.09. The summed E-state index contributed by atoms with van der Waals surface area (Å²) in [5, 5.41) is 12.7. The third-order valence-corrected chi connectivity index (χ3v) is 5.86. The summed E-state index contributed by atoms with van der Waals surface area (Å²) in [5.74, 6) is 0.208. The Morgan fingerprint density at radius 2 is 2.24 bits per heavy atom. The molecule has 2 N–H and O–H groups in total. The van der Waals surface area contributed by atoms with Gasteiger partial charge in [-0.1, -0.05) is 30.3 Å². The van der Waals surface area contributed by atoms with Gasteiger partial charge in [0.05, 0.1) is 4.87 Å². The number of aliphatic carboxylic acids is 1. The van der Waals surface area contributed by atoms with E-state index in [-0.39, 0.29) is 4.87 Å². The Morgan fingerprint density at radius 1 is 1.48 bits per heavy atom. The van der Waals surface area contributed by atoms with Gasteiger partial charge in [-0.2, -0.15) is 0 Å². The van der Waals surface area contributed by atoms with E-state index in [0.29, 0.717) is 6.04 Å². The van der Waals surface area contributed by atoms with Crippen LogP contribution in [0.4, 0.5) is 0 Å². The molecule has 3 rings (SSSR count). The number of hydrogen-bond donors (Lipinski definition) is 2. The Balaban J connectivity index is 1.69. The second-order valence-electron chi connectivity index (χ2n) is 6.11. The van der Waals surface area contributed by atoms with E-state index >= 15 is 0 Å². The largest absolute Gasteiger partial charge is 0.480 e. The third kappa shape index (κ3) is 3.25. The molecule has 2 aliphatic rings. The number of thioether (sulfide) groups is 1. The number of hydrogen-bond acceptors (Lipinski definition) is 4. The highest BCUT2D eigenvalue weighted by molar-refractivity contribution is 8.00. The molecule has 1 aromatic carbocycles. The fraction of sp³-hybridized carbons (Fsp3) is 0.562. The van der Waals surface area contributed by atoms with Crippen LogP contribution in [0.15, 0.2) is 30.3 Å². The number of nitrogens with zero attached hydrogens (tertiary/aromatic N) is 1. The van der Waals surface area contributed by atoms with Gasteiger partial charge in [0.2, 0.25) is 0 Å². The molecule has 21 heavy (non-hydrogen) atoms. The Hall–Kier alpha value is -1.04. The van der Waals surface area contributed by atoms with Crippen LogP contribution in [0.5, 0.6) is 0 Å². The van der Waals surface area contributed by atoms with Gasteiger partial charge in [0.25, 0.3) is 0 Å². The van der Waals surface area contributed by atoms with Crippen molar-refractivity contribution in [2.45, 2.75) is 43.3 Å².